The summed E-state index contributed by atoms with van der Waals surface area (Å²) in [5, 5.41) is 6.18. The molecule has 25 heavy (non-hydrogen) atoms. The molecule has 0 radical (unpaired) electrons. The summed E-state index contributed by atoms with van der Waals surface area (Å²) in [4.78, 5) is 12.2. The minimum Gasteiger partial charge on any atom is -0.490 e. The second-order valence-electron chi connectivity index (χ2n) is 6.79. The topological polar surface area (TPSA) is 59.6 Å². The first kappa shape index (κ1) is 20.0. The van der Waals surface area contributed by atoms with Gasteiger partial charge in [0.1, 0.15) is 5.75 Å². The number of rotatable bonds is 6. The molecule has 140 valence electrons. The summed E-state index contributed by atoms with van der Waals surface area (Å²) >= 11 is 0. The van der Waals surface area contributed by atoms with E-state index in [9.17, 15) is 4.79 Å². The molecule has 0 unspecified atom stereocenters. The van der Waals surface area contributed by atoms with Crippen LogP contribution in [0.5, 0.6) is 5.75 Å². The number of ether oxygens (including phenoxy) is 2. The SMILES string of the molecule is CO[C@@H]1CN[C@@H](C(=O)NCc2ccc(OC3CCCCC3)cc2)C1.Cl. The third-order valence-electron chi connectivity index (χ3n) is 4.99. The fraction of sp³-hybridized carbons (Fsp3) is 0.632. The summed E-state index contributed by atoms with van der Waals surface area (Å²) in [6.07, 6.45) is 7.43. The van der Waals surface area contributed by atoms with Crippen molar-refractivity contribution >= 4 is 18.3 Å². The van der Waals surface area contributed by atoms with Crippen LogP contribution in [0.2, 0.25) is 0 Å². The van der Waals surface area contributed by atoms with E-state index in [0.29, 0.717) is 12.6 Å². The smallest absolute Gasteiger partial charge is 0.237 e. The third kappa shape index (κ3) is 5.87. The van der Waals surface area contributed by atoms with Gasteiger partial charge in [0.25, 0.3) is 0 Å². The number of carbonyl (C=O) groups is 1. The lowest BCUT2D eigenvalue weighted by Crippen LogP contribution is -2.39. The number of carbonyl (C=O) groups excluding carboxylic acids is 1. The normalized spacial score (nSPS) is 23.7. The van der Waals surface area contributed by atoms with Crippen LogP contribution in [0.25, 0.3) is 0 Å². The predicted molar refractivity (Wildman–Crippen MR) is 100 cm³/mol. The molecular formula is C19H29ClN2O3. The van der Waals surface area contributed by atoms with Crippen LogP contribution in [-0.2, 0) is 16.1 Å². The van der Waals surface area contributed by atoms with Crippen molar-refractivity contribution in [3.8, 4) is 5.75 Å². The Bertz CT molecular complexity index is 532. The van der Waals surface area contributed by atoms with Crippen LogP contribution >= 0.6 is 12.4 Å². The molecule has 1 aromatic rings. The van der Waals surface area contributed by atoms with Gasteiger partial charge in [0.05, 0.1) is 18.2 Å². The Kier molecular flexibility index (Phi) is 8.00. The quantitative estimate of drug-likeness (QED) is 0.810. The number of hydrogen-bond donors (Lipinski definition) is 2. The van der Waals surface area contributed by atoms with Gasteiger partial charge in [-0.15, -0.1) is 12.4 Å². The zero-order valence-corrected chi connectivity index (χ0v) is 15.6. The van der Waals surface area contributed by atoms with Gasteiger partial charge in [-0.2, -0.15) is 0 Å². The summed E-state index contributed by atoms with van der Waals surface area (Å²) in [5.41, 5.74) is 1.08. The van der Waals surface area contributed by atoms with E-state index in [4.69, 9.17) is 9.47 Å². The van der Waals surface area contributed by atoms with E-state index < -0.39 is 0 Å². The van der Waals surface area contributed by atoms with E-state index in [1.807, 2.05) is 24.3 Å². The second-order valence-corrected chi connectivity index (χ2v) is 6.79. The molecule has 2 N–H and O–H groups in total. The molecule has 3 rings (SSSR count). The third-order valence-corrected chi connectivity index (χ3v) is 4.99. The highest BCUT2D eigenvalue weighted by molar-refractivity contribution is 5.85. The lowest BCUT2D eigenvalue weighted by atomic mass is 9.98. The van der Waals surface area contributed by atoms with Crippen molar-refractivity contribution < 1.29 is 14.3 Å². The molecule has 1 saturated carbocycles. The molecule has 1 heterocycles. The van der Waals surface area contributed by atoms with Crippen molar-refractivity contribution in [3.05, 3.63) is 29.8 Å². The van der Waals surface area contributed by atoms with Crippen LogP contribution < -0.4 is 15.4 Å². The molecular weight excluding hydrogens is 340 g/mol. The van der Waals surface area contributed by atoms with E-state index in [0.717, 1.165) is 37.1 Å². The minimum atomic E-state index is -0.149. The predicted octanol–water partition coefficient (Wildman–Crippen LogP) is 2.81. The van der Waals surface area contributed by atoms with Crippen molar-refractivity contribution in [1.29, 1.82) is 0 Å². The number of benzene rings is 1. The van der Waals surface area contributed by atoms with Gasteiger partial charge in [0.15, 0.2) is 0 Å². The Labute approximate surface area is 156 Å². The Morgan fingerprint density at radius 2 is 1.88 bits per heavy atom. The first-order valence-corrected chi connectivity index (χ1v) is 9.04. The lowest BCUT2D eigenvalue weighted by molar-refractivity contribution is -0.123. The number of nitrogens with one attached hydrogen (secondary N) is 2. The Morgan fingerprint density at radius 3 is 2.52 bits per heavy atom. The number of amides is 1. The fourth-order valence-electron chi connectivity index (χ4n) is 3.46. The van der Waals surface area contributed by atoms with Gasteiger partial charge in [0, 0.05) is 20.2 Å². The molecule has 5 nitrogen and oxygen atoms in total. The van der Waals surface area contributed by atoms with Crippen molar-refractivity contribution in [1.82, 2.24) is 10.6 Å². The zero-order chi connectivity index (χ0) is 16.8. The summed E-state index contributed by atoms with van der Waals surface area (Å²) in [6.45, 7) is 1.28. The number of hydrogen-bond acceptors (Lipinski definition) is 4. The summed E-state index contributed by atoms with van der Waals surface area (Å²) < 4.78 is 11.3. The van der Waals surface area contributed by atoms with Gasteiger partial charge in [-0.25, -0.2) is 0 Å². The lowest BCUT2D eigenvalue weighted by Gasteiger charge is -2.23. The molecule has 6 heteroatoms. The van der Waals surface area contributed by atoms with Crippen LogP contribution in [-0.4, -0.2) is 37.8 Å². The molecule has 2 fully saturated rings. The molecule has 1 amide bonds. The van der Waals surface area contributed by atoms with E-state index in [-0.39, 0.29) is 30.5 Å². The highest BCUT2D eigenvalue weighted by Crippen LogP contribution is 2.23. The first-order chi connectivity index (χ1) is 11.7. The number of methoxy groups -OCH3 is 1. The van der Waals surface area contributed by atoms with Crippen LogP contribution in [0.3, 0.4) is 0 Å². The minimum absolute atomic E-state index is 0. The zero-order valence-electron chi connectivity index (χ0n) is 14.8. The van der Waals surface area contributed by atoms with E-state index >= 15 is 0 Å². The monoisotopic (exact) mass is 368 g/mol. The van der Waals surface area contributed by atoms with E-state index in [2.05, 4.69) is 10.6 Å². The highest BCUT2D eigenvalue weighted by Gasteiger charge is 2.28. The fourth-order valence-corrected chi connectivity index (χ4v) is 3.46. The molecule has 1 aromatic carbocycles. The van der Waals surface area contributed by atoms with Gasteiger partial charge in [0.2, 0.25) is 5.91 Å². The van der Waals surface area contributed by atoms with Crippen molar-refractivity contribution in [2.75, 3.05) is 13.7 Å². The standard InChI is InChI=1S/C19H28N2O3.ClH/c1-23-17-11-18(20-13-17)19(22)21-12-14-7-9-16(10-8-14)24-15-5-3-2-4-6-15;/h7-10,15,17-18,20H,2-6,11-13H2,1H3,(H,21,22);1H/t17-,18+;/m0./s1. The molecule has 0 aromatic heterocycles. The molecule has 0 spiro atoms. The maximum atomic E-state index is 12.2. The largest absolute Gasteiger partial charge is 0.490 e. The molecule has 1 aliphatic heterocycles. The Balaban J connectivity index is 0.00000225. The van der Waals surface area contributed by atoms with E-state index in [1.54, 1.807) is 7.11 Å². The molecule has 1 saturated heterocycles. The van der Waals surface area contributed by atoms with Gasteiger partial charge in [-0.1, -0.05) is 18.6 Å². The van der Waals surface area contributed by atoms with Gasteiger partial charge >= 0.3 is 0 Å². The summed E-state index contributed by atoms with van der Waals surface area (Å²) in [5.74, 6) is 0.967. The van der Waals surface area contributed by atoms with Crippen LogP contribution in [0.1, 0.15) is 44.1 Å². The molecule has 1 aliphatic carbocycles. The average Bonchev–Trinajstić information content (AvgIpc) is 3.11. The van der Waals surface area contributed by atoms with Gasteiger partial charge in [-0.3, -0.25) is 4.79 Å². The second kappa shape index (κ2) is 10.00. The Hall–Kier alpha value is -1.30. The maximum Gasteiger partial charge on any atom is 0.237 e. The highest BCUT2D eigenvalue weighted by atomic mass is 35.5. The molecule has 0 bridgehead atoms. The van der Waals surface area contributed by atoms with Crippen LogP contribution in [0, 0.1) is 0 Å². The van der Waals surface area contributed by atoms with Crippen LogP contribution in [0.15, 0.2) is 24.3 Å². The molecule has 2 aliphatic rings. The number of halogens is 1. The first-order valence-electron chi connectivity index (χ1n) is 9.04. The summed E-state index contributed by atoms with van der Waals surface area (Å²) in [6, 6.07) is 7.91. The molecule has 2 atom stereocenters. The van der Waals surface area contributed by atoms with Crippen molar-refractivity contribution in [3.63, 3.8) is 0 Å². The van der Waals surface area contributed by atoms with Crippen molar-refractivity contribution in [2.24, 2.45) is 0 Å². The average molecular weight is 369 g/mol. The van der Waals surface area contributed by atoms with Crippen LogP contribution in [0.4, 0.5) is 0 Å². The van der Waals surface area contributed by atoms with Gasteiger partial charge in [-0.05, 0) is 49.8 Å². The van der Waals surface area contributed by atoms with Crippen molar-refractivity contribution in [2.45, 2.75) is 63.3 Å². The Morgan fingerprint density at radius 1 is 1.16 bits per heavy atom. The maximum absolute atomic E-state index is 12.2. The van der Waals surface area contributed by atoms with Gasteiger partial charge < -0.3 is 20.1 Å². The van der Waals surface area contributed by atoms with E-state index in [1.165, 1.54) is 19.3 Å². The summed E-state index contributed by atoms with van der Waals surface area (Å²) in [7, 11) is 1.68.